The monoisotopic (exact) mass is 418 g/mol. The van der Waals surface area contributed by atoms with Crippen LogP contribution in [-0.4, -0.2) is 26.8 Å². The molecule has 2 aromatic carbocycles. The summed E-state index contributed by atoms with van der Waals surface area (Å²) in [4.78, 5) is 31.8. The third-order valence-electron chi connectivity index (χ3n) is 4.60. The van der Waals surface area contributed by atoms with Crippen molar-refractivity contribution < 1.29 is 14.7 Å². The molecule has 2 N–H and O–H groups in total. The van der Waals surface area contributed by atoms with Crippen molar-refractivity contribution in [3.63, 3.8) is 0 Å². The molecule has 0 aliphatic heterocycles. The number of H-pyrrole nitrogens is 1. The van der Waals surface area contributed by atoms with E-state index < -0.39 is 5.97 Å². The molecule has 0 atom stereocenters. The lowest BCUT2D eigenvalue weighted by Crippen LogP contribution is -2.00. The Morgan fingerprint density at radius 3 is 2.67 bits per heavy atom. The molecule has 0 amide bonds. The fourth-order valence-corrected chi connectivity index (χ4v) is 3.94. The van der Waals surface area contributed by atoms with Crippen molar-refractivity contribution in [2.24, 2.45) is 10.2 Å². The normalized spacial score (nSPS) is 11.6. The van der Waals surface area contributed by atoms with Crippen molar-refractivity contribution in [3.8, 4) is 0 Å². The maximum Gasteiger partial charge on any atom is 0.335 e. The van der Waals surface area contributed by atoms with Gasteiger partial charge in [-0.15, -0.1) is 16.5 Å². The number of aromatic nitrogens is 2. The Bertz CT molecular complexity index is 1290. The van der Waals surface area contributed by atoms with Crippen LogP contribution in [-0.2, 0) is 0 Å². The topological polar surface area (TPSA) is 108 Å². The van der Waals surface area contributed by atoms with Gasteiger partial charge in [0.2, 0.25) is 5.78 Å². The molecule has 2 heterocycles. The van der Waals surface area contributed by atoms with E-state index in [2.05, 4.69) is 20.2 Å². The Hall–Kier alpha value is -3.65. The summed E-state index contributed by atoms with van der Waals surface area (Å²) >= 11 is 1.33. The first kappa shape index (κ1) is 19.7. The van der Waals surface area contributed by atoms with Crippen LogP contribution in [0.15, 0.2) is 64.3 Å². The van der Waals surface area contributed by atoms with Crippen LogP contribution >= 0.6 is 11.3 Å². The fraction of sp³-hybridized carbons (Fsp3) is 0.136. The van der Waals surface area contributed by atoms with Crippen LogP contribution in [0.25, 0.3) is 10.9 Å². The highest BCUT2D eigenvalue weighted by Gasteiger charge is 2.20. The lowest BCUT2D eigenvalue weighted by Gasteiger charge is -2.01. The van der Waals surface area contributed by atoms with Gasteiger partial charge in [-0.05, 0) is 36.2 Å². The van der Waals surface area contributed by atoms with Crippen LogP contribution < -0.4 is 0 Å². The molecule has 2 aromatic heterocycles. The van der Waals surface area contributed by atoms with Gasteiger partial charge in [-0.3, -0.25) is 4.79 Å². The van der Waals surface area contributed by atoms with Gasteiger partial charge in [-0.25, -0.2) is 9.78 Å². The molecular formula is C22H18N4O3S. The van der Waals surface area contributed by atoms with Gasteiger partial charge in [0, 0.05) is 22.5 Å². The molecule has 0 aliphatic rings. The molecule has 4 rings (SSSR count). The van der Waals surface area contributed by atoms with Crippen molar-refractivity contribution >= 4 is 45.4 Å². The number of aromatic amines is 1. The predicted octanol–water partition coefficient (Wildman–Crippen LogP) is 6.09. The lowest BCUT2D eigenvalue weighted by molar-refractivity contribution is 0.0696. The highest BCUT2D eigenvalue weighted by molar-refractivity contribution is 7.12. The van der Waals surface area contributed by atoms with Crippen LogP contribution in [0.2, 0.25) is 0 Å². The van der Waals surface area contributed by atoms with E-state index in [1.807, 2.05) is 31.4 Å². The number of aromatic carboxylic acids is 1. The Morgan fingerprint density at radius 1 is 1.13 bits per heavy atom. The second-order valence-electron chi connectivity index (χ2n) is 7.02. The number of azo groups is 1. The molecule has 0 fully saturated rings. The van der Waals surface area contributed by atoms with Gasteiger partial charge in [0.25, 0.3) is 0 Å². The maximum absolute atomic E-state index is 13.1. The Balaban J connectivity index is 1.73. The van der Waals surface area contributed by atoms with E-state index in [1.165, 1.54) is 23.5 Å². The smallest absolute Gasteiger partial charge is 0.335 e. The van der Waals surface area contributed by atoms with Crippen LogP contribution in [0.3, 0.4) is 0 Å². The SMILES string of the molecule is CC(C)c1csc(C(=O)c2c[nH]c3cccc(N=Nc4cccc(C(=O)O)c4)c23)n1. The lowest BCUT2D eigenvalue weighted by atomic mass is 10.1. The number of hydrogen-bond donors (Lipinski definition) is 2. The van der Waals surface area contributed by atoms with Crippen molar-refractivity contribution in [1.29, 1.82) is 0 Å². The van der Waals surface area contributed by atoms with E-state index in [0.717, 1.165) is 11.2 Å². The highest BCUT2D eigenvalue weighted by Crippen LogP contribution is 2.32. The molecule has 0 unspecified atom stereocenters. The molecule has 0 aliphatic carbocycles. The molecule has 30 heavy (non-hydrogen) atoms. The minimum absolute atomic E-state index is 0.131. The number of nitrogens with zero attached hydrogens (tertiary/aromatic N) is 3. The number of hydrogen-bond acceptors (Lipinski definition) is 6. The second kappa shape index (κ2) is 8.00. The molecule has 4 aromatic rings. The van der Waals surface area contributed by atoms with Gasteiger partial charge in [-0.2, -0.15) is 5.11 Å². The molecule has 150 valence electrons. The van der Waals surface area contributed by atoms with Gasteiger partial charge >= 0.3 is 5.97 Å². The first-order valence-corrected chi connectivity index (χ1v) is 10.2. The van der Waals surface area contributed by atoms with Crippen LogP contribution in [0, 0.1) is 0 Å². The third kappa shape index (κ3) is 3.77. The van der Waals surface area contributed by atoms with Crippen molar-refractivity contribution in [3.05, 3.63) is 75.9 Å². The predicted molar refractivity (Wildman–Crippen MR) is 116 cm³/mol. The van der Waals surface area contributed by atoms with Crippen LogP contribution in [0.1, 0.15) is 51.2 Å². The molecule has 0 saturated heterocycles. The van der Waals surface area contributed by atoms with Gasteiger partial charge in [0.05, 0.1) is 28.2 Å². The summed E-state index contributed by atoms with van der Waals surface area (Å²) in [5, 5.41) is 20.6. The minimum Gasteiger partial charge on any atom is -0.478 e. The quantitative estimate of drug-likeness (QED) is 0.292. The van der Waals surface area contributed by atoms with E-state index in [1.54, 1.807) is 24.4 Å². The highest BCUT2D eigenvalue weighted by atomic mass is 32.1. The summed E-state index contributed by atoms with van der Waals surface area (Å²) in [6.07, 6.45) is 1.66. The van der Waals surface area contributed by atoms with E-state index in [-0.39, 0.29) is 17.3 Å². The zero-order valence-electron chi connectivity index (χ0n) is 16.3. The fourth-order valence-electron chi connectivity index (χ4n) is 3.01. The molecule has 0 saturated carbocycles. The number of benzene rings is 2. The molecule has 8 heteroatoms. The summed E-state index contributed by atoms with van der Waals surface area (Å²) in [5.74, 6) is -0.956. The largest absolute Gasteiger partial charge is 0.478 e. The van der Waals surface area contributed by atoms with E-state index in [0.29, 0.717) is 27.3 Å². The summed E-state index contributed by atoms with van der Waals surface area (Å²) in [7, 11) is 0. The number of rotatable bonds is 6. The van der Waals surface area contributed by atoms with E-state index in [9.17, 15) is 9.59 Å². The number of nitrogens with one attached hydrogen (secondary N) is 1. The van der Waals surface area contributed by atoms with Gasteiger partial charge in [-0.1, -0.05) is 26.0 Å². The number of carboxylic acid groups (broad SMARTS) is 1. The van der Waals surface area contributed by atoms with Crippen molar-refractivity contribution in [2.45, 2.75) is 19.8 Å². The first-order valence-electron chi connectivity index (χ1n) is 9.29. The number of carbonyl (C=O) groups excluding carboxylic acids is 1. The summed E-state index contributed by atoms with van der Waals surface area (Å²) in [6.45, 7) is 4.07. The zero-order valence-corrected chi connectivity index (χ0v) is 17.1. The summed E-state index contributed by atoms with van der Waals surface area (Å²) in [6, 6.07) is 11.6. The van der Waals surface area contributed by atoms with Crippen LogP contribution in [0.5, 0.6) is 0 Å². The Morgan fingerprint density at radius 2 is 1.93 bits per heavy atom. The summed E-state index contributed by atoms with van der Waals surface area (Å²) in [5.41, 5.74) is 3.18. The number of ketones is 1. The van der Waals surface area contributed by atoms with Gasteiger partial charge < -0.3 is 10.1 Å². The minimum atomic E-state index is -1.03. The number of thiazole rings is 1. The van der Waals surface area contributed by atoms with Crippen molar-refractivity contribution in [2.75, 3.05) is 0 Å². The molecule has 0 spiro atoms. The number of fused-ring (bicyclic) bond motifs is 1. The molecule has 0 radical (unpaired) electrons. The Labute approximate surface area is 176 Å². The average molecular weight is 418 g/mol. The average Bonchev–Trinajstić information content (AvgIpc) is 3.40. The Kier molecular flexibility index (Phi) is 5.24. The third-order valence-corrected chi connectivity index (χ3v) is 5.46. The van der Waals surface area contributed by atoms with Crippen molar-refractivity contribution in [1.82, 2.24) is 9.97 Å². The second-order valence-corrected chi connectivity index (χ2v) is 7.88. The van der Waals surface area contributed by atoms with E-state index >= 15 is 0 Å². The van der Waals surface area contributed by atoms with Crippen LogP contribution in [0.4, 0.5) is 11.4 Å². The standard InChI is InChI=1S/C22H18N4O3S/c1-12(2)18-11-30-21(24-18)20(27)15-10-23-16-7-4-8-17(19(15)16)26-25-14-6-3-5-13(9-14)22(28)29/h3-12,23H,1-2H3,(H,28,29). The zero-order chi connectivity index (χ0) is 21.3. The first-order chi connectivity index (χ1) is 14.4. The number of carbonyl (C=O) groups is 2. The van der Waals surface area contributed by atoms with Gasteiger partial charge in [0.1, 0.15) is 0 Å². The molecule has 0 bridgehead atoms. The molecular weight excluding hydrogens is 400 g/mol. The summed E-state index contributed by atoms with van der Waals surface area (Å²) < 4.78 is 0. The number of carboxylic acids is 1. The molecule has 7 nitrogen and oxygen atoms in total. The van der Waals surface area contributed by atoms with Gasteiger partial charge in [0.15, 0.2) is 5.01 Å². The van der Waals surface area contributed by atoms with E-state index in [4.69, 9.17) is 5.11 Å². The maximum atomic E-state index is 13.1.